The third-order valence-electron chi connectivity index (χ3n) is 3.28. The minimum Gasteiger partial charge on any atom is -0.230 e. The highest BCUT2D eigenvalue weighted by Crippen LogP contribution is 2.38. The first-order valence-electron chi connectivity index (χ1n) is 6.90. The summed E-state index contributed by atoms with van der Waals surface area (Å²) in [6.45, 7) is 0. The van der Waals surface area contributed by atoms with Crippen molar-refractivity contribution in [3.05, 3.63) is 59.2 Å². The number of halogens is 6. The predicted molar refractivity (Wildman–Crippen MR) is 85.6 cm³/mol. The van der Waals surface area contributed by atoms with E-state index >= 15 is 0 Å². The average molecular weight is 393 g/mol. The van der Waals surface area contributed by atoms with Crippen molar-refractivity contribution in [3.8, 4) is 0 Å². The van der Waals surface area contributed by atoms with Crippen LogP contribution in [0.5, 0.6) is 0 Å². The van der Waals surface area contributed by atoms with Gasteiger partial charge in [0, 0.05) is 5.75 Å². The molecule has 0 unspecified atom stereocenters. The Morgan fingerprint density at radius 2 is 1.48 bits per heavy atom. The molecule has 9 heteroatoms. The van der Waals surface area contributed by atoms with Crippen molar-refractivity contribution < 1.29 is 26.3 Å². The Bertz CT molecular complexity index is 832. The van der Waals surface area contributed by atoms with Crippen LogP contribution in [-0.4, -0.2) is 4.98 Å². The fraction of sp³-hybridized carbons (Fsp3) is 0.188. The van der Waals surface area contributed by atoms with Crippen LogP contribution in [-0.2, 0) is 18.1 Å². The lowest BCUT2D eigenvalue weighted by Gasteiger charge is -2.13. The largest absolute Gasteiger partial charge is 0.416 e. The van der Waals surface area contributed by atoms with Gasteiger partial charge in [0.15, 0.2) is 4.34 Å². The van der Waals surface area contributed by atoms with E-state index in [1.807, 2.05) is 12.1 Å². The van der Waals surface area contributed by atoms with E-state index in [9.17, 15) is 26.3 Å². The molecule has 2 aromatic carbocycles. The molecule has 0 aliphatic carbocycles. The summed E-state index contributed by atoms with van der Waals surface area (Å²) in [7, 11) is 0. The maximum Gasteiger partial charge on any atom is 0.416 e. The molecule has 1 heterocycles. The maximum absolute atomic E-state index is 12.9. The number of thioether (sulfide) groups is 1. The fourth-order valence-corrected chi connectivity index (χ4v) is 4.16. The second-order valence-corrected chi connectivity index (χ2v) is 7.40. The summed E-state index contributed by atoms with van der Waals surface area (Å²) in [6.07, 6.45) is -9.67. The minimum atomic E-state index is -4.84. The molecule has 0 N–H and O–H groups in total. The molecule has 25 heavy (non-hydrogen) atoms. The highest BCUT2D eigenvalue weighted by atomic mass is 32.2. The molecule has 0 amide bonds. The Kier molecular flexibility index (Phi) is 4.72. The van der Waals surface area contributed by atoms with Crippen molar-refractivity contribution in [1.82, 2.24) is 4.98 Å². The lowest BCUT2D eigenvalue weighted by atomic mass is 10.1. The van der Waals surface area contributed by atoms with Gasteiger partial charge in [-0.15, -0.1) is 11.3 Å². The highest BCUT2D eigenvalue weighted by molar-refractivity contribution is 8.00. The van der Waals surface area contributed by atoms with Gasteiger partial charge in [-0.2, -0.15) is 26.3 Å². The van der Waals surface area contributed by atoms with Crippen LogP contribution in [0.4, 0.5) is 26.3 Å². The molecule has 0 saturated heterocycles. The molecule has 0 fully saturated rings. The Hall–Kier alpha value is -1.74. The van der Waals surface area contributed by atoms with E-state index in [4.69, 9.17) is 0 Å². The number of aromatic nitrogens is 1. The Morgan fingerprint density at radius 3 is 2.04 bits per heavy atom. The van der Waals surface area contributed by atoms with Crippen LogP contribution in [0.1, 0.15) is 16.7 Å². The lowest BCUT2D eigenvalue weighted by molar-refractivity contribution is -0.143. The van der Waals surface area contributed by atoms with E-state index in [1.165, 1.54) is 11.3 Å². The smallest absolute Gasteiger partial charge is 0.230 e. The lowest BCUT2D eigenvalue weighted by Crippen LogP contribution is -2.11. The van der Waals surface area contributed by atoms with Gasteiger partial charge in [0.1, 0.15) is 0 Å². The number of rotatable bonds is 3. The zero-order valence-electron chi connectivity index (χ0n) is 12.3. The third-order valence-corrected chi connectivity index (χ3v) is 5.53. The number of nitrogens with zero attached hydrogens (tertiary/aromatic N) is 1. The van der Waals surface area contributed by atoms with Crippen LogP contribution in [0.25, 0.3) is 10.2 Å². The standard InChI is InChI=1S/C16H9F6NS2/c17-15(18,19)10-5-9(6-11(7-10)16(20,21)22)8-24-14-23-12-3-1-2-4-13(12)25-14/h1-7H,8H2. The zero-order chi connectivity index (χ0) is 18.2. The molecule has 3 aromatic rings. The number of para-hydroxylation sites is 1. The fourth-order valence-electron chi connectivity index (χ4n) is 2.16. The Labute approximate surface area is 146 Å². The number of benzene rings is 2. The summed E-state index contributed by atoms with van der Waals surface area (Å²) in [5, 5.41) is 0. The molecule has 0 atom stereocenters. The number of hydrogen-bond donors (Lipinski definition) is 0. The van der Waals surface area contributed by atoms with Crippen molar-refractivity contribution in [2.24, 2.45) is 0 Å². The van der Waals surface area contributed by atoms with Crippen LogP contribution >= 0.6 is 23.1 Å². The normalized spacial score (nSPS) is 12.7. The molecule has 0 aliphatic heterocycles. The van der Waals surface area contributed by atoms with Gasteiger partial charge in [0.2, 0.25) is 0 Å². The molecular weight excluding hydrogens is 384 g/mol. The van der Waals surface area contributed by atoms with Crippen LogP contribution in [0, 0.1) is 0 Å². The second-order valence-electron chi connectivity index (χ2n) is 5.15. The van der Waals surface area contributed by atoms with Crippen molar-refractivity contribution in [2.75, 3.05) is 0 Å². The van der Waals surface area contributed by atoms with Crippen LogP contribution < -0.4 is 0 Å². The molecule has 1 aromatic heterocycles. The molecule has 0 radical (unpaired) electrons. The average Bonchev–Trinajstić information content (AvgIpc) is 2.94. The second kappa shape index (κ2) is 6.53. The Balaban J connectivity index is 1.88. The summed E-state index contributed by atoms with van der Waals surface area (Å²) < 4.78 is 78.6. The summed E-state index contributed by atoms with van der Waals surface area (Å²) in [5.74, 6) is -0.0349. The molecule has 0 bridgehead atoms. The number of thiazole rings is 1. The van der Waals surface area contributed by atoms with Crippen LogP contribution in [0.3, 0.4) is 0 Å². The number of fused-ring (bicyclic) bond motifs is 1. The van der Waals surface area contributed by atoms with E-state index in [2.05, 4.69) is 4.98 Å². The van der Waals surface area contributed by atoms with Gasteiger partial charge < -0.3 is 0 Å². The van der Waals surface area contributed by atoms with Gasteiger partial charge in [0.05, 0.1) is 21.3 Å². The Morgan fingerprint density at radius 1 is 0.880 bits per heavy atom. The molecular formula is C16H9F6NS2. The quantitative estimate of drug-likeness (QED) is 0.366. The van der Waals surface area contributed by atoms with Crippen LogP contribution in [0.15, 0.2) is 46.8 Å². The molecule has 0 aliphatic rings. The molecule has 3 rings (SSSR count). The third kappa shape index (κ3) is 4.27. The van der Waals surface area contributed by atoms with Crippen molar-refractivity contribution in [1.29, 1.82) is 0 Å². The highest BCUT2D eigenvalue weighted by Gasteiger charge is 2.36. The molecule has 0 spiro atoms. The van der Waals surface area contributed by atoms with Gasteiger partial charge in [-0.1, -0.05) is 23.9 Å². The zero-order valence-corrected chi connectivity index (χ0v) is 13.9. The maximum atomic E-state index is 12.9. The van der Waals surface area contributed by atoms with Gasteiger partial charge in [-0.05, 0) is 35.9 Å². The van der Waals surface area contributed by atoms with Crippen molar-refractivity contribution in [3.63, 3.8) is 0 Å². The van der Waals surface area contributed by atoms with Crippen molar-refractivity contribution >= 4 is 33.3 Å². The summed E-state index contributed by atoms with van der Waals surface area (Å²) in [4.78, 5) is 4.31. The van der Waals surface area contributed by atoms with E-state index in [1.54, 1.807) is 12.1 Å². The van der Waals surface area contributed by atoms with E-state index in [0.29, 0.717) is 4.34 Å². The van der Waals surface area contributed by atoms with Gasteiger partial charge in [-0.25, -0.2) is 4.98 Å². The SMILES string of the molecule is FC(F)(F)c1cc(CSc2nc3ccccc3s2)cc(C(F)(F)F)c1. The van der Waals surface area contributed by atoms with E-state index in [0.717, 1.165) is 34.1 Å². The molecule has 0 saturated carbocycles. The number of alkyl halides is 6. The molecule has 1 nitrogen and oxygen atoms in total. The summed E-state index contributed by atoms with van der Waals surface area (Å²) >= 11 is 2.45. The monoisotopic (exact) mass is 393 g/mol. The van der Waals surface area contributed by atoms with Gasteiger partial charge in [0.25, 0.3) is 0 Å². The van der Waals surface area contributed by atoms with E-state index < -0.39 is 23.5 Å². The van der Waals surface area contributed by atoms with E-state index in [-0.39, 0.29) is 17.4 Å². The number of hydrogen-bond acceptors (Lipinski definition) is 3. The van der Waals surface area contributed by atoms with Gasteiger partial charge >= 0.3 is 12.4 Å². The first-order chi connectivity index (χ1) is 11.6. The summed E-state index contributed by atoms with van der Waals surface area (Å²) in [5.41, 5.74) is -1.91. The van der Waals surface area contributed by atoms with Crippen molar-refractivity contribution in [2.45, 2.75) is 22.4 Å². The van der Waals surface area contributed by atoms with Gasteiger partial charge in [-0.3, -0.25) is 0 Å². The first kappa shape index (κ1) is 18.1. The topological polar surface area (TPSA) is 12.9 Å². The van der Waals surface area contributed by atoms with Crippen LogP contribution in [0.2, 0.25) is 0 Å². The summed E-state index contributed by atoms with van der Waals surface area (Å²) in [6, 6.07) is 8.90. The minimum absolute atomic E-state index is 0.0349. The first-order valence-corrected chi connectivity index (χ1v) is 8.70. The predicted octanol–water partition coefficient (Wildman–Crippen LogP) is 6.63. The molecule has 132 valence electrons.